The van der Waals surface area contributed by atoms with Crippen LogP contribution in [-0.4, -0.2) is 56.6 Å². The predicted octanol–water partition coefficient (Wildman–Crippen LogP) is -0.384. The summed E-state index contributed by atoms with van der Waals surface area (Å²) in [7, 11) is 1.61. The molecule has 1 fully saturated rings. The van der Waals surface area contributed by atoms with Crippen LogP contribution >= 0.6 is 0 Å². The molecular formula is C12H20O5. The van der Waals surface area contributed by atoms with Crippen molar-refractivity contribution in [3.05, 3.63) is 0 Å². The van der Waals surface area contributed by atoms with Crippen LogP contribution in [0.25, 0.3) is 0 Å². The van der Waals surface area contributed by atoms with Gasteiger partial charge < -0.3 is 24.4 Å². The van der Waals surface area contributed by atoms with E-state index in [0.29, 0.717) is 13.2 Å². The zero-order valence-electron chi connectivity index (χ0n) is 10.1. The Kier molecular flexibility index (Phi) is 7.17. The third-order valence-corrected chi connectivity index (χ3v) is 2.64. The molecule has 1 aliphatic rings. The van der Waals surface area contributed by atoms with Crippen molar-refractivity contribution in [2.24, 2.45) is 11.8 Å². The highest BCUT2D eigenvalue weighted by molar-refractivity contribution is 5.11. The summed E-state index contributed by atoms with van der Waals surface area (Å²) in [6.07, 6.45) is 0.206. The molecule has 1 rings (SSSR count). The first-order valence-corrected chi connectivity index (χ1v) is 5.71. The van der Waals surface area contributed by atoms with Crippen molar-refractivity contribution in [3.63, 3.8) is 0 Å². The summed E-state index contributed by atoms with van der Waals surface area (Å²) in [5.74, 6) is 5.78. The minimum atomic E-state index is -0.648. The number of methoxy groups -OCH3 is 1. The van der Waals surface area contributed by atoms with E-state index in [9.17, 15) is 5.11 Å². The molecule has 0 bridgehead atoms. The normalized spacial score (nSPS) is 23.9. The smallest absolute Gasteiger partial charge is 0.148 e. The molecule has 0 heterocycles. The van der Waals surface area contributed by atoms with Crippen LogP contribution in [0.2, 0.25) is 0 Å². The summed E-state index contributed by atoms with van der Waals surface area (Å²) in [6.45, 7) is 1.58. The number of hydrogen-bond acceptors (Lipinski definition) is 5. The zero-order valence-corrected chi connectivity index (χ0v) is 10.1. The average Bonchev–Trinajstić information content (AvgIpc) is 3.11. The van der Waals surface area contributed by atoms with Crippen molar-refractivity contribution in [1.29, 1.82) is 0 Å². The van der Waals surface area contributed by atoms with E-state index in [4.69, 9.17) is 19.3 Å². The lowest BCUT2D eigenvalue weighted by molar-refractivity contribution is -0.0557. The Morgan fingerprint density at radius 3 is 2.82 bits per heavy atom. The Balaban J connectivity index is 1.95. The Morgan fingerprint density at radius 1 is 1.35 bits per heavy atom. The van der Waals surface area contributed by atoms with E-state index in [-0.39, 0.29) is 31.8 Å². The molecule has 0 saturated heterocycles. The van der Waals surface area contributed by atoms with Crippen LogP contribution in [0.15, 0.2) is 0 Å². The molecule has 0 radical (unpaired) electrons. The van der Waals surface area contributed by atoms with E-state index in [1.165, 1.54) is 0 Å². The summed E-state index contributed by atoms with van der Waals surface area (Å²) in [6, 6.07) is 0. The maximum absolute atomic E-state index is 9.58. The van der Waals surface area contributed by atoms with Crippen molar-refractivity contribution >= 4 is 0 Å². The Bertz CT molecular complexity index is 257. The number of ether oxygens (including phenoxy) is 3. The van der Waals surface area contributed by atoms with Gasteiger partial charge in [0.2, 0.25) is 0 Å². The predicted molar refractivity (Wildman–Crippen MR) is 61.1 cm³/mol. The summed E-state index contributed by atoms with van der Waals surface area (Å²) >= 11 is 0. The van der Waals surface area contributed by atoms with Gasteiger partial charge in [-0.25, -0.2) is 0 Å². The highest BCUT2D eigenvalue weighted by atomic mass is 16.7. The first-order valence-electron chi connectivity index (χ1n) is 5.71. The van der Waals surface area contributed by atoms with E-state index in [1.807, 2.05) is 0 Å². The largest absolute Gasteiger partial charge is 0.396 e. The van der Waals surface area contributed by atoms with E-state index in [0.717, 1.165) is 6.42 Å². The van der Waals surface area contributed by atoms with Crippen LogP contribution < -0.4 is 0 Å². The summed E-state index contributed by atoms with van der Waals surface area (Å²) in [4.78, 5) is 0. The topological polar surface area (TPSA) is 68.2 Å². The fraction of sp³-hybridized carbons (Fsp3) is 0.833. The van der Waals surface area contributed by atoms with Crippen LogP contribution in [0.3, 0.4) is 0 Å². The van der Waals surface area contributed by atoms with Crippen molar-refractivity contribution in [3.8, 4) is 11.8 Å². The molecule has 17 heavy (non-hydrogen) atoms. The lowest BCUT2D eigenvalue weighted by atomic mass is 10.2. The second-order valence-electron chi connectivity index (χ2n) is 3.98. The zero-order chi connectivity index (χ0) is 12.5. The fourth-order valence-electron chi connectivity index (χ4n) is 1.47. The van der Waals surface area contributed by atoms with Gasteiger partial charge in [0.25, 0.3) is 0 Å². The number of aliphatic hydroxyl groups is 2. The molecule has 2 N–H and O–H groups in total. The van der Waals surface area contributed by atoms with Crippen LogP contribution in [0, 0.1) is 23.7 Å². The first-order chi connectivity index (χ1) is 8.29. The molecule has 1 aliphatic carbocycles. The highest BCUT2D eigenvalue weighted by Gasteiger charge is 2.41. The monoisotopic (exact) mass is 244 g/mol. The SMILES string of the molecule is COCCOCOCC#CC(O)[C@H]1C[C@H]1CO. The summed E-state index contributed by atoms with van der Waals surface area (Å²) in [5, 5.41) is 18.4. The molecule has 1 unspecified atom stereocenters. The van der Waals surface area contributed by atoms with Gasteiger partial charge in [-0.2, -0.15) is 0 Å². The lowest BCUT2D eigenvalue weighted by Crippen LogP contribution is -2.09. The molecule has 5 nitrogen and oxygen atoms in total. The summed E-state index contributed by atoms with van der Waals surface area (Å²) in [5.41, 5.74) is 0. The van der Waals surface area contributed by atoms with Crippen molar-refractivity contribution in [2.75, 3.05) is 40.3 Å². The van der Waals surface area contributed by atoms with E-state index < -0.39 is 6.10 Å². The van der Waals surface area contributed by atoms with Gasteiger partial charge in [-0.1, -0.05) is 11.8 Å². The Morgan fingerprint density at radius 2 is 2.18 bits per heavy atom. The molecule has 5 heteroatoms. The molecule has 0 aromatic carbocycles. The van der Waals surface area contributed by atoms with E-state index in [2.05, 4.69) is 11.8 Å². The molecule has 0 aromatic rings. The highest BCUT2D eigenvalue weighted by Crippen LogP contribution is 2.40. The molecule has 98 valence electrons. The maximum Gasteiger partial charge on any atom is 0.148 e. The molecule has 1 saturated carbocycles. The van der Waals surface area contributed by atoms with Crippen LogP contribution in [0.5, 0.6) is 0 Å². The second kappa shape index (κ2) is 8.45. The molecule has 0 spiro atoms. The number of rotatable bonds is 8. The summed E-state index contributed by atoms with van der Waals surface area (Å²) < 4.78 is 14.9. The third-order valence-electron chi connectivity index (χ3n) is 2.64. The molecule has 0 amide bonds. The first kappa shape index (κ1) is 14.4. The van der Waals surface area contributed by atoms with E-state index in [1.54, 1.807) is 7.11 Å². The quantitative estimate of drug-likeness (QED) is 0.346. The van der Waals surface area contributed by atoms with Crippen LogP contribution in [0.1, 0.15) is 6.42 Å². The molecule has 3 atom stereocenters. The number of aliphatic hydroxyl groups excluding tert-OH is 2. The van der Waals surface area contributed by atoms with Gasteiger partial charge in [0, 0.05) is 19.6 Å². The lowest BCUT2D eigenvalue weighted by Gasteiger charge is -2.02. The maximum atomic E-state index is 9.58. The third kappa shape index (κ3) is 6.01. The van der Waals surface area contributed by atoms with Crippen LogP contribution in [0.4, 0.5) is 0 Å². The fourth-order valence-corrected chi connectivity index (χ4v) is 1.47. The average molecular weight is 244 g/mol. The minimum absolute atomic E-state index is 0.130. The minimum Gasteiger partial charge on any atom is -0.396 e. The molecule has 0 aliphatic heterocycles. The molecular weight excluding hydrogens is 224 g/mol. The van der Waals surface area contributed by atoms with Gasteiger partial charge in [-0.15, -0.1) is 0 Å². The van der Waals surface area contributed by atoms with E-state index >= 15 is 0 Å². The van der Waals surface area contributed by atoms with Gasteiger partial charge in [-0.05, 0) is 12.3 Å². The van der Waals surface area contributed by atoms with Gasteiger partial charge in [0.05, 0.1) is 13.2 Å². The van der Waals surface area contributed by atoms with Crippen molar-refractivity contribution in [2.45, 2.75) is 12.5 Å². The Hall–Kier alpha value is -0.640. The van der Waals surface area contributed by atoms with Gasteiger partial charge in [0.15, 0.2) is 0 Å². The van der Waals surface area contributed by atoms with Gasteiger partial charge in [-0.3, -0.25) is 0 Å². The standard InChI is InChI=1S/C12H20O5/c1-15-5-6-17-9-16-4-2-3-12(14)11-7-10(11)8-13/h10-14H,4-9H2,1H3/t10-,11-,12?/m0/s1. The van der Waals surface area contributed by atoms with Gasteiger partial charge in [0.1, 0.15) is 19.5 Å². The van der Waals surface area contributed by atoms with Gasteiger partial charge >= 0.3 is 0 Å². The second-order valence-corrected chi connectivity index (χ2v) is 3.98. The van der Waals surface area contributed by atoms with Crippen LogP contribution in [-0.2, 0) is 14.2 Å². The number of hydrogen-bond donors (Lipinski definition) is 2. The Labute approximate surface area is 102 Å². The van der Waals surface area contributed by atoms with Crippen molar-refractivity contribution in [1.82, 2.24) is 0 Å². The van der Waals surface area contributed by atoms with Crippen molar-refractivity contribution < 1.29 is 24.4 Å². The molecule has 0 aromatic heterocycles.